The quantitative estimate of drug-likeness (QED) is 0.836. The number of nitrogens with zero attached hydrogens (tertiary/aromatic N) is 3. The van der Waals surface area contributed by atoms with Crippen molar-refractivity contribution in [1.29, 1.82) is 0 Å². The third-order valence-electron chi connectivity index (χ3n) is 3.38. The average Bonchev–Trinajstić information content (AvgIpc) is 2.60. The molecule has 1 atom stereocenters. The summed E-state index contributed by atoms with van der Waals surface area (Å²) in [4.78, 5) is 2.32. The molecule has 4 heteroatoms. The van der Waals surface area contributed by atoms with E-state index in [0.29, 0.717) is 0 Å². The fourth-order valence-corrected chi connectivity index (χ4v) is 2.37. The van der Waals surface area contributed by atoms with Gasteiger partial charge in [-0.25, -0.2) is 0 Å². The Labute approximate surface area is 96.9 Å². The lowest BCUT2D eigenvalue weighted by atomic mass is 10.1. The summed E-state index contributed by atoms with van der Waals surface area (Å²) in [6.45, 7) is 7.96. The molecule has 1 saturated heterocycles. The molecule has 4 nitrogen and oxygen atoms in total. The molecule has 0 amide bonds. The molecule has 2 rings (SSSR count). The second-order valence-electron chi connectivity index (χ2n) is 4.60. The molecule has 1 fully saturated rings. The van der Waals surface area contributed by atoms with Gasteiger partial charge in [0, 0.05) is 30.9 Å². The number of aromatic nitrogens is 2. The van der Waals surface area contributed by atoms with E-state index in [4.69, 9.17) is 0 Å². The van der Waals surface area contributed by atoms with Gasteiger partial charge in [0.05, 0.1) is 12.3 Å². The number of aliphatic hydroxyl groups is 1. The maximum Gasteiger partial charge on any atom is 0.0667 e. The van der Waals surface area contributed by atoms with Gasteiger partial charge >= 0.3 is 0 Å². The summed E-state index contributed by atoms with van der Waals surface area (Å²) < 4.78 is 2.02. The van der Waals surface area contributed by atoms with Crippen molar-refractivity contribution in [3.05, 3.63) is 17.5 Å². The zero-order valence-corrected chi connectivity index (χ0v) is 10.2. The predicted octanol–water partition coefficient (Wildman–Crippen LogP) is 1.17. The first-order valence-corrected chi connectivity index (χ1v) is 6.12. The molecule has 90 valence electrons. The highest BCUT2D eigenvalue weighted by molar-refractivity contribution is 5.16. The van der Waals surface area contributed by atoms with Gasteiger partial charge in [0.1, 0.15) is 0 Å². The maximum atomic E-state index is 9.62. The van der Waals surface area contributed by atoms with Gasteiger partial charge < -0.3 is 5.11 Å². The Hall–Kier alpha value is -0.870. The summed E-state index contributed by atoms with van der Waals surface area (Å²) in [6, 6.07) is 0. The van der Waals surface area contributed by atoms with Crippen LogP contribution in [0, 0.1) is 6.92 Å². The lowest BCUT2D eigenvalue weighted by molar-refractivity contribution is 0.0667. The van der Waals surface area contributed by atoms with Crippen molar-refractivity contribution in [1.82, 2.24) is 14.7 Å². The van der Waals surface area contributed by atoms with E-state index in [1.165, 1.54) is 11.3 Å². The summed E-state index contributed by atoms with van der Waals surface area (Å²) in [5.41, 5.74) is 2.54. The molecule has 16 heavy (non-hydrogen) atoms. The normalized spacial score (nSPS) is 22.6. The van der Waals surface area contributed by atoms with Crippen LogP contribution >= 0.6 is 0 Å². The van der Waals surface area contributed by atoms with Crippen molar-refractivity contribution in [2.45, 2.75) is 45.9 Å². The molecular weight excluding hydrogens is 202 g/mol. The molecule has 0 aromatic carbocycles. The van der Waals surface area contributed by atoms with Gasteiger partial charge in [-0.15, -0.1) is 0 Å². The van der Waals surface area contributed by atoms with E-state index in [-0.39, 0.29) is 6.10 Å². The van der Waals surface area contributed by atoms with Crippen molar-refractivity contribution in [3.8, 4) is 0 Å². The van der Waals surface area contributed by atoms with E-state index < -0.39 is 0 Å². The Morgan fingerprint density at radius 3 is 3.00 bits per heavy atom. The van der Waals surface area contributed by atoms with Crippen molar-refractivity contribution >= 4 is 0 Å². The zero-order chi connectivity index (χ0) is 11.5. The molecule has 1 aliphatic heterocycles. The van der Waals surface area contributed by atoms with Crippen LogP contribution in [0.15, 0.2) is 6.20 Å². The van der Waals surface area contributed by atoms with Gasteiger partial charge in [0.15, 0.2) is 0 Å². The molecule has 0 saturated carbocycles. The molecular formula is C12H21N3O. The molecule has 1 unspecified atom stereocenters. The summed E-state index contributed by atoms with van der Waals surface area (Å²) in [5.74, 6) is 0. The van der Waals surface area contributed by atoms with Crippen molar-refractivity contribution in [2.24, 2.45) is 0 Å². The second-order valence-corrected chi connectivity index (χ2v) is 4.60. The minimum Gasteiger partial charge on any atom is -0.392 e. The van der Waals surface area contributed by atoms with E-state index in [1.807, 2.05) is 10.9 Å². The fourth-order valence-electron chi connectivity index (χ4n) is 2.37. The van der Waals surface area contributed by atoms with Gasteiger partial charge in [-0.2, -0.15) is 5.10 Å². The van der Waals surface area contributed by atoms with Crippen LogP contribution in [0.1, 0.15) is 31.0 Å². The van der Waals surface area contributed by atoms with Crippen LogP contribution in [-0.4, -0.2) is 39.0 Å². The summed E-state index contributed by atoms with van der Waals surface area (Å²) in [6.07, 6.45) is 3.86. The molecule has 1 aromatic rings. The first kappa shape index (κ1) is 11.6. The Bertz CT molecular complexity index is 348. The van der Waals surface area contributed by atoms with Crippen molar-refractivity contribution in [2.75, 3.05) is 13.1 Å². The van der Waals surface area contributed by atoms with Gasteiger partial charge in [-0.3, -0.25) is 9.58 Å². The highest BCUT2D eigenvalue weighted by Crippen LogP contribution is 2.15. The van der Waals surface area contributed by atoms with Crippen LogP contribution in [0.5, 0.6) is 0 Å². The molecule has 1 aromatic heterocycles. The first-order chi connectivity index (χ1) is 7.70. The lowest BCUT2D eigenvalue weighted by Gasteiger charge is -2.29. The van der Waals surface area contributed by atoms with E-state index >= 15 is 0 Å². The highest BCUT2D eigenvalue weighted by Gasteiger charge is 2.18. The van der Waals surface area contributed by atoms with Crippen LogP contribution in [0.3, 0.4) is 0 Å². The zero-order valence-electron chi connectivity index (χ0n) is 10.2. The fraction of sp³-hybridized carbons (Fsp3) is 0.750. The van der Waals surface area contributed by atoms with Crippen molar-refractivity contribution in [3.63, 3.8) is 0 Å². The Balaban J connectivity index is 2.00. The Morgan fingerprint density at radius 2 is 2.38 bits per heavy atom. The van der Waals surface area contributed by atoms with E-state index in [9.17, 15) is 5.11 Å². The van der Waals surface area contributed by atoms with Crippen LogP contribution in [-0.2, 0) is 13.1 Å². The van der Waals surface area contributed by atoms with E-state index in [0.717, 1.165) is 39.0 Å². The molecule has 0 aliphatic carbocycles. The van der Waals surface area contributed by atoms with Crippen LogP contribution in [0.4, 0.5) is 0 Å². The lowest BCUT2D eigenvalue weighted by Crippen LogP contribution is -2.37. The summed E-state index contributed by atoms with van der Waals surface area (Å²) in [7, 11) is 0. The monoisotopic (exact) mass is 223 g/mol. The van der Waals surface area contributed by atoms with Crippen molar-refractivity contribution < 1.29 is 5.11 Å². The number of aliphatic hydroxyl groups excluding tert-OH is 1. The highest BCUT2D eigenvalue weighted by atomic mass is 16.3. The van der Waals surface area contributed by atoms with Gasteiger partial charge in [-0.05, 0) is 33.2 Å². The van der Waals surface area contributed by atoms with Crippen LogP contribution in [0.25, 0.3) is 0 Å². The van der Waals surface area contributed by atoms with Crippen LogP contribution in [0.2, 0.25) is 0 Å². The van der Waals surface area contributed by atoms with Gasteiger partial charge in [0.25, 0.3) is 0 Å². The standard InChI is InChI=1S/C12H21N3O/c1-3-15-10(2)11(7-13-15)8-14-6-4-5-12(16)9-14/h7,12,16H,3-6,8-9H2,1-2H3. The molecule has 1 aliphatic rings. The number of hydrogen-bond acceptors (Lipinski definition) is 3. The molecule has 2 heterocycles. The minimum absolute atomic E-state index is 0.143. The second kappa shape index (κ2) is 4.97. The Morgan fingerprint density at radius 1 is 1.56 bits per heavy atom. The Kier molecular flexibility index (Phi) is 3.61. The number of likely N-dealkylation sites (tertiary alicyclic amines) is 1. The van der Waals surface area contributed by atoms with Gasteiger partial charge in [-0.1, -0.05) is 0 Å². The molecule has 0 spiro atoms. The van der Waals surface area contributed by atoms with Crippen LogP contribution < -0.4 is 0 Å². The number of β-amino-alcohol motifs (C(OH)–C–C–N with tert-alkyl or cyclic N) is 1. The minimum atomic E-state index is -0.143. The SMILES string of the molecule is CCn1ncc(CN2CCCC(O)C2)c1C. The van der Waals surface area contributed by atoms with Gasteiger partial charge in [0.2, 0.25) is 0 Å². The summed E-state index contributed by atoms with van der Waals surface area (Å²) >= 11 is 0. The smallest absolute Gasteiger partial charge is 0.0667 e. The largest absolute Gasteiger partial charge is 0.392 e. The maximum absolute atomic E-state index is 9.62. The number of piperidine rings is 1. The molecule has 1 N–H and O–H groups in total. The predicted molar refractivity (Wildman–Crippen MR) is 63.2 cm³/mol. The third-order valence-corrected chi connectivity index (χ3v) is 3.38. The van der Waals surface area contributed by atoms with E-state index in [1.54, 1.807) is 0 Å². The first-order valence-electron chi connectivity index (χ1n) is 6.12. The topological polar surface area (TPSA) is 41.3 Å². The average molecular weight is 223 g/mol. The number of hydrogen-bond donors (Lipinski definition) is 1. The third kappa shape index (κ3) is 2.44. The summed E-state index contributed by atoms with van der Waals surface area (Å²) in [5, 5.41) is 14.0. The molecule has 0 bridgehead atoms. The number of rotatable bonds is 3. The molecule has 0 radical (unpaired) electrons. The number of aryl methyl sites for hydroxylation is 1. The van der Waals surface area contributed by atoms with E-state index in [2.05, 4.69) is 23.8 Å².